The number of nitrogens with zero attached hydrogens (tertiary/aromatic N) is 3. The molecule has 0 radical (unpaired) electrons. The van der Waals surface area contributed by atoms with Crippen molar-refractivity contribution >= 4 is 16.5 Å². The molecule has 1 aliphatic rings. The fourth-order valence-electron chi connectivity index (χ4n) is 2.64. The molecule has 1 saturated heterocycles. The second kappa shape index (κ2) is 6.68. The van der Waals surface area contributed by atoms with Crippen LogP contribution in [-0.4, -0.2) is 48.7 Å². The SMILES string of the molecule is CCc1nc(N(C)CC2CCN(C)CC2)sc1CO. The van der Waals surface area contributed by atoms with Gasteiger partial charge in [-0.15, -0.1) is 0 Å². The summed E-state index contributed by atoms with van der Waals surface area (Å²) in [5.41, 5.74) is 1.05. The van der Waals surface area contributed by atoms with Crippen LogP contribution in [0.15, 0.2) is 0 Å². The standard InChI is InChI=1S/C14H25N3OS/c1-4-12-13(10-18)19-14(15-12)17(3)9-11-5-7-16(2)8-6-11/h11,18H,4-10H2,1-3H3. The molecule has 1 fully saturated rings. The van der Waals surface area contributed by atoms with E-state index >= 15 is 0 Å². The van der Waals surface area contributed by atoms with Gasteiger partial charge in [-0.3, -0.25) is 0 Å². The first-order valence-electron chi connectivity index (χ1n) is 7.13. The molecule has 5 heteroatoms. The normalized spacial score (nSPS) is 17.9. The Hall–Kier alpha value is -0.650. The van der Waals surface area contributed by atoms with Crippen molar-refractivity contribution in [3.63, 3.8) is 0 Å². The molecule has 1 aromatic heterocycles. The maximum atomic E-state index is 9.34. The van der Waals surface area contributed by atoms with Crippen molar-refractivity contribution in [2.45, 2.75) is 32.8 Å². The van der Waals surface area contributed by atoms with Gasteiger partial charge in [0.05, 0.1) is 17.2 Å². The van der Waals surface area contributed by atoms with E-state index in [-0.39, 0.29) is 6.61 Å². The van der Waals surface area contributed by atoms with Gasteiger partial charge in [0, 0.05) is 13.6 Å². The van der Waals surface area contributed by atoms with E-state index in [0.717, 1.165) is 34.6 Å². The van der Waals surface area contributed by atoms with Gasteiger partial charge in [0.2, 0.25) is 0 Å². The second-order valence-corrected chi connectivity index (χ2v) is 6.57. The molecule has 108 valence electrons. The first-order valence-corrected chi connectivity index (χ1v) is 7.94. The Balaban J connectivity index is 1.95. The fraction of sp³-hybridized carbons (Fsp3) is 0.786. The molecule has 19 heavy (non-hydrogen) atoms. The molecule has 0 aromatic carbocycles. The zero-order chi connectivity index (χ0) is 13.8. The first kappa shape index (κ1) is 14.8. The van der Waals surface area contributed by atoms with Crippen molar-refractivity contribution < 1.29 is 5.11 Å². The molecule has 4 nitrogen and oxygen atoms in total. The van der Waals surface area contributed by atoms with Crippen LogP contribution < -0.4 is 4.90 Å². The van der Waals surface area contributed by atoms with Crippen molar-refractivity contribution in [3.05, 3.63) is 10.6 Å². The van der Waals surface area contributed by atoms with Crippen molar-refractivity contribution in [1.82, 2.24) is 9.88 Å². The lowest BCUT2D eigenvalue weighted by Gasteiger charge is -2.31. The quantitative estimate of drug-likeness (QED) is 0.897. The van der Waals surface area contributed by atoms with E-state index < -0.39 is 0 Å². The smallest absolute Gasteiger partial charge is 0.185 e. The highest BCUT2D eigenvalue weighted by Gasteiger charge is 2.20. The van der Waals surface area contributed by atoms with Gasteiger partial charge in [-0.1, -0.05) is 18.3 Å². The van der Waals surface area contributed by atoms with Crippen LogP contribution in [0.5, 0.6) is 0 Å². The number of aliphatic hydroxyl groups excluding tert-OH is 1. The fourth-order valence-corrected chi connectivity index (χ4v) is 3.62. The lowest BCUT2D eigenvalue weighted by Crippen LogP contribution is -2.35. The predicted molar refractivity (Wildman–Crippen MR) is 80.9 cm³/mol. The molecule has 0 bridgehead atoms. The summed E-state index contributed by atoms with van der Waals surface area (Å²) in [5, 5.41) is 10.4. The zero-order valence-electron chi connectivity index (χ0n) is 12.2. The number of anilines is 1. The van der Waals surface area contributed by atoms with E-state index in [4.69, 9.17) is 0 Å². The lowest BCUT2D eigenvalue weighted by molar-refractivity contribution is 0.222. The Morgan fingerprint density at radius 3 is 2.63 bits per heavy atom. The van der Waals surface area contributed by atoms with Crippen LogP contribution in [0.3, 0.4) is 0 Å². The largest absolute Gasteiger partial charge is 0.391 e. The molecule has 0 unspecified atom stereocenters. The minimum Gasteiger partial charge on any atom is -0.391 e. The number of aromatic nitrogens is 1. The van der Waals surface area contributed by atoms with Gasteiger partial charge in [-0.2, -0.15) is 0 Å². The highest BCUT2D eigenvalue weighted by Crippen LogP contribution is 2.28. The monoisotopic (exact) mass is 283 g/mol. The molecule has 1 N–H and O–H groups in total. The van der Waals surface area contributed by atoms with E-state index in [1.165, 1.54) is 25.9 Å². The summed E-state index contributed by atoms with van der Waals surface area (Å²) in [7, 11) is 4.32. The molecular formula is C14H25N3OS. The molecule has 0 saturated carbocycles. The van der Waals surface area contributed by atoms with Crippen molar-refractivity contribution in [2.24, 2.45) is 5.92 Å². The Kier molecular flexibility index (Phi) is 5.19. The number of aliphatic hydroxyl groups is 1. The molecule has 2 rings (SSSR count). The van der Waals surface area contributed by atoms with Gasteiger partial charge >= 0.3 is 0 Å². The predicted octanol–water partition coefficient (Wildman–Crippen LogP) is 1.98. The summed E-state index contributed by atoms with van der Waals surface area (Å²) in [6, 6.07) is 0. The summed E-state index contributed by atoms with van der Waals surface area (Å²) in [4.78, 5) is 10.3. The van der Waals surface area contributed by atoms with Crippen LogP contribution >= 0.6 is 11.3 Å². The summed E-state index contributed by atoms with van der Waals surface area (Å²) in [6.45, 7) is 5.70. The Morgan fingerprint density at radius 2 is 2.11 bits per heavy atom. The van der Waals surface area contributed by atoms with E-state index in [2.05, 4.69) is 35.8 Å². The Labute approximate surface area is 120 Å². The Bertz CT molecular complexity index is 378. The lowest BCUT2D eigenvalue weighted by atomic mass is 9.97. The number of aryl methyl sites for hydroxylation is 1. The summed E-state index contributed by atoms with van der Waals surface area (Å²) in [6.07, 6.45) is 3.45. The van der Waals surface area contributed by atoms with E-state index in [1.807, 2.05) is 0 Å². The highest BCUT2D eigenvalue weighted by molar-refractivity contribution is 7.15. The van der Waals surface area contributed by atoms with E-state index in [9.17, 15) is 5.11 Å². The Morgan fingerprint density at radius 1 is 1.42 bits per heavy atom. The van der Waals surface area contributed by atoms with Crippen LogP contribution in [-0.2, 0) is 13.0 Å². The van der Waals surface area contributed by atoms with Crippen LogP contribution in [0.25, 0.3) is 0 Å². The minimum absolute atomic E-state index is 0.114. The van der Waals surface area contributed by atoms with Gasteiger partial charge < -0.3 is 14.9 Å². The number of rotatable bonds is 5. The maximum Gasteiger partial charge on any atom is 0.185 e. The van der Waals surface area contributed by atoms with Crippen LogP contribution in [0.4, 0.5) is 5.13 Å². The van der Waals surface area contributed by atoms with Crippen molar-refractivity contribution in [3.8, 4) is 0 Å². The average Bonchev–Trinajstić information content (AvgIpc) is 2.84. The van der Waals surface area contributed by atoms with Gasteiger partial charge in [0.15, 0.2) is 5.13 Å². The molecule has 0 atom stereocenters. The number of hydrogen-bond donors (Lipinski definition) is 1. The molecule has 0 spiro atoms. The van der Waals surface area contributed by atoms with Crippen LogP contribution in [0.1, 0.15) is 30.3 Å². The molecular weight excluding hydrogens is 258 g/mol. The van der Waals surface area contributed by atoms with Crippen molar-refractivity contribution in [2.75, 3.05) is 38.6 Å². The van der Waals surface area contributed by atoms with Gasteiger partial charge in [0.25, 0.3) is 0 Å². The van der Waals surface area contributed by atoms with Crippen molar-refractivity contribution in [1.29, 1.82) is 0 Å². The van der Waals surface area contributed by atoms with Gasteiger partial charge in [-0.05, 0) is 45.3 Å². The number of thiazole rings is 1. The maximum absolute atomic E-state index is 9.34. The number of hydrogen-bond acceptors (Lipinski definition) is 5. The average molecular weight is 283 g/mol. The zero-order valence-corrected chi connectivity index (χ0v) is 13.0. The molecule has 2 heterocycles. The minimum atomic E-state index is 0.114. The third-order valence-corrected chi connectivity index (χ3v) is 5.14. The number of likely N-dealkylation sites (tertiary alicyclic amines) is 1. The van der Waals surface area contributed by atoms with Gasteiger partial charge in [0.1, 0.15) is 0 Å². The summed E-state index contributed by atoms with van der Waals surface area (Å²) < 4.78 is 0. The molecule has 1 aromatic rings. The van der Waals surface area contributed by atoms with Crippen LogP contribution in [0, 0.1) is 5.92 Å². The molecule has 0 amide bonds. The molecule has 0 aliphatic carbocycles. The molecule has 1 aliphatic heterocycles. The van der Waals surface area contributed by atoms with Gasteiger partial charge in [-0.25, -0.2) is 4.98 Å². The van der Waals surface area contributed by atoms with Crippen LogP contribution in [0.2, 0.25) is 0 Å². The van der Waals surface area contributed by atoms with E-state index in [0.29, 0.717) is 0 Å². The highest BCUT2D eigenvalue weighted by atomic mass is 32.1. The topological polar surface area (TPSA) is 39.6 Å². The number of piperidine rings is 1. The first-order chi connectivity index (χ1) is 9.13. The third-order valence-electron chi connectivity index (χ3n) is 3.94. The third kappa shape index (κ3) is 3.68. The second-order valence-electron chi connectivity index (χ2n) is 5.51. The summed E-state index contributed by atoms with van der Waals surface area (Å²) >= 11 is 1.64. The summed E-state index contributed by atoms with van der Waals surface area (Å²) in [5.74, 6) is 0.771. The van der Waals surface area contributed by atoms with E-state index in [1.54, 1.807) is 11.3 Å².